The van der Waals surface area contributed by atoms with Gasteiger partial charge in [-0.25, -0.2) is 0 Å². The number of piperidine rings is 1. The molecule has 0 aliphatic carbocycles. The number of ether oxygens (including phenoxy) is 1. The highest BCUT2D eigenvalue weighted by molar-refractivity contribution is 5.73. The lowest BCUT2D eigenvalue weighted by Gasteiger charge is -2.32. The number of likely N-dealkylation sites (tertiary alicyclic amines) is 1. The van der Waals surface area contributed by atoms with Crippen LogP contribution in [0.15, 0.2) is 0 Å². The van der Waals surface area contributed by atoms with Crippen LogP contribution in [0.5, 0.6) is 0 Å². The third-order valence-corrected chi connectivity index (χ3v) is 2.87. The van der Waals surface area contributed by atoms with Crippen molar-refractivity contribution in [3.8, 4) is 0 Å². The number of carbonyl (C=O) groups excluding carboxylic acids is 1. The summed E-state index contributed by atoms with van der Waals surface area (Å²) in [5.74, 6) is 0.107. The van der Waals surface area contributed by atoms with Crippen molar-refractivity contribution in [2.24, 2.45) is 5.92 Å². The Hall–Kier alpha value is -0.570. The zero-order valence-corrected chi connectivity index (χ0v) is 11.1. The normalized spacial score (nSPS) is 19.8. The molecular formula is C13H25NO2. The van der Waals surface area contributed by atoms with Crippen molar-refractivity contribution in [3.05, 3.63) is 0 Å². The second-order valence-electron chi connectivity index (χ2n) is 5.65. The quantitative estimate of drug-likeness (QED) is 0.694. The summed E-state index contributed by atoms with van der Waals surface area (Å²) in [5.41, 5.74) is -0.350. The van der Waals surface area contributed by atoms with Crippen molar-refractivity contribution in [1.29, 1.82) is 0 Å². The fourth-order valence-corrected chi connectivity index (χ4v) is 2.09. The number of esters is 1. The van der Waals surface area contributed by atoms with Crippen LogP contribution in [0, 0.1) is 5.92 Å². The summed E-state index contributed by atoms with van der Waals surface area (Å²) in [6, 6.07) is 0. The molecule has 1 rings (SSSR count). The van der Waals surface area contributed by atoms with Gasteiger partial charge in [-0.3, -0.25) is 4.79 Å². The molecule has 0 aromatic rings. The standard InChI is InChI=1S/C13H25NO2/c1-5-8-14-9-6-11(7-10-14)12(15)16-13(2,3)4/h11H,5-10H2,1-4H3. The molecule has 16 heavy (non-hydrogen) atoms. The number of nitrogens with zero attached hydrogens (tertiary/aromatic N) is 1. The molecule has 0 spiro atoms. The van der Waals surface area contributed by atoms with Gasteiger partial charge in [0.15, 0.2) is 0 Å². The molecule has 1 fully saturated rings. The van der Waals surface area contributed by atoms with E-state index in [0.29, 0.717) is 0 Å². The average Bonchev–Trinajstić information content (AvgIpc) is 2.16. The molecule has 0 unspecified atom stereocenters. The largest absolute Gasteiger partial charge is 0.460 e. The summed E-state index contributed by atoms with van der Waals surface area (Å²) in [5, 5.41) is 0. The van der Waals surface area contributed by atoms with Crippen LogP contribution in [0.1, 0.15) is 47.0 Å². The Morgan fingerprint density at radius 2 is 1.88 bits per heavy atom. The minimum atomic E-state index is -0.350. The molecule has 1 aliphatic heterocycles. The average molecular weight is 227 g/mol. The van der Waals surface area contributed by atoms with Gasteiger partial charge >= 0.3 is 5.97 Å². The lowest BCUT2D eigenvalue weighted by molar-refractivity contribution is -0.161. The first-order valence-corrected chi connectivity index (χ1v) is 6.37. The van der Waals surface area contributed by atoms with E-state index in [0.717, 1.165) is 32.5 Å². The highest BCUT2D eigenvalue weighted by atomic mass is 16.6. The Morgan fingerprint density at radius 1 is 1.31 bits per heavy atom. The molecule has 3 nitrogen and oxygen atoms in total. The Morgan fingerprint density at radius 3 is 2.31 bits per heavy atom. The van der Waals surface area contributed by atoms with Gasteiger partial charge in [-0.1, -0.05) is 6.92 Å². The van der Waals surface area contributed by atoms with E-state index >= 15 is 0 Å². The van der Waals surface area contributed by atoms with E-state index < -0.39 is 0 Å². The molecule has 0 amide bonds. The first-order valence-electron chi connectivity index (χ1n) is 6.37. The Labute approximate surface area is 99.1 Å². The van der Waals surface area contributed by atoms with Crippen molar-refractivity contribution >= 4 is 5.97 Å². The molecule has 0 atom stereocenters. The molecule has 0 radical (unpaired) electrons. The minimum Gasteiger partial charge on any atom is -0.460 e. The minimum absolute atomic E-state index is 0.0105. The van der Waals surface area contributed by atoms with Crippen LogP contribution in [-0.2, 0) is 9.53 Å². The van der Waals surface area contributed by atoms with E-state index in [4.69, 9.17) is 4.74 Å². The van der Waals surface area contributed by atoms with Crippen LogP contribution >= 0.6 is 0 Å². The highest BCUT2D eigenvalue weighted by Crippen LogP contribution is 2.21. The maximum Gasteiger partial charge on any atom is 0.309 e. The van der Waals surface area contributed by atoms with Gasteiger partial charge in [0.2, 0.25) is 0 Å². The molecule has 0 saturated carbocycles. The van der Waals surface area contributed by atoms with Gasteiger partial charge in [-0.15, -0.1) is 0 Å². The van der Waals surface area contributed by atoms with Crippen LogP contribution in [-0.4, -0.2) is 36.1 Å². The Kier molecular flexibility index (Phi) is 4.78. The maximum absolute atomic E-state index is 11.8. The van der Waals surface area contributed by atoms with Gasteiger partial charge in [-0.05, 0) is 59.7 Å². The summed E-state index contributed by atoms with van der Waals surface area (Å²) in [4.78, 5) is 14.3. The number of rotatable bonds is 3. The van der Waals surface area contributed by atoms with Crippen LogP contribution < -0.4 is 0 Å². The fourth-order valence-electron chi connectivity index (χ4n) is 2.09. The van der Waals surface area contributed by atoms with Gasteiger partial charge in [0.05, 0.1) is 5.92 Å². The third kappa shape index (κ3) is 4.52. The molecule has 0 N–H and O–H groups in total. The highest BCUT2D eigenvalue weighted by Gasteiger charge is 2.28. The van der Waals surface area contributed by atoms with Crippen molar-refractivity contribution in [2.75, 3.05) is 19.6 Å². The van der Waals surface area contributed by atoms with Gasteiger partial charge in [-0.2, -0.15) is 0 Å². The van der Waals surface area contributed by atoms with E-state index in [1.165, 1.54) is 6.42 Å². The topological polar surface area (TPSA) is 29.5 Å². The monoisotopic (exact) mass is 227 g/mol. The van der Waals surface area contributed by atoms with E-state index in [1.54, 1.807) is 0 Å². The van der Waals surface area contributed by atoms with Crippen LogP contribution in [0.4, 0.5) is 0 Å². The van der Waals surface area contributed by atoms with E-state index in [2.05, 4.69) is 11.8 Å². The molecule has 1 saturated heterocycles. The molecule has 1 heterocycles. The molecule has 94 valence electrons. The second-order valence-corrected chi connectivity index (χ2v) is 5.65. The first-order chi connectivity index (χ1) is 7.42. The lowest BCUT2D eigenvalue weighted by atomic mass is 9.96. The summed E-state index contributed by atoms with van der Waals surface area (Å²) in [6.45, 7) is 11.2. The van der Waals surface area contributed by atoms with Gasteiger partial charge in [0.1, 0.15) is 5.60 Å². The summed E-state index contributed by atoms with van der Waals surface area (Å²) < 4.78 is 5.41. The predicted octanol–water partition coefficient (Wildman–Crippen LogP) is 2.45. The van der Waals surface area contributed by atoms with Gasteiger partial charge in [0, 0.05) is 0 Å². The zero-order valence-electron chi connectivity index (χ0n) is 11.1. The first kappa shape index (κ1) is 13.5. The SMILES string of the molecule is CCCN1CCC(C(=O)OC(C)(C)C)CC1. The third-order valence-electron chi connectivity index (χ3n) is 2.87. The Balaban J connectivity index is 2.33. The summed E-state index contributed by atoms with van der Waals surface area (Å²) in [7, 11) is 0. The van der Waals surface area contributed by atoms with Crippen molar-refractivity contribution < 1.29 is 9.53 Å². The molecule has 0 aromatic carbocycles. The summed E-state index contributed by atoms with van der Waals surface area (Å²) in [6.07, 6.45) is 3.10. The Bertz CT molecular complexity index is 225. The van der Waals surface area contributed by atoms with E-state index in [-0.39, 0.29) is 17.5 Å². The smallest absolute Gasteiger partial charge is 0.309 e. The molecule has 0 bridgehead atoms. The van der Waals surface area contributed by atoms with Crippen LogP contribution in [0.3, 0.4) is 0 Å². The van der Waals surface area contributed by atoms with Crippen LogP contribution in [0.2, 0.25) is 0 Å². The van der Waals surface area contributed by atoms with Gasteiger partial charge in [0.25, 0.3) is 0 Å². The van der Waals surface area contributed by atoms with Crippen LogP contribution in [0.25, 0.3) is 0 Å². The number of carbonyl (C=O) groups is 1. The second kappa shape index (κ2) is 5.67. The maximum atomic E-state index is 11.8. The van der Waals surface area contributed by atoms with E-state index in [9.17, 15) is 4.79 Å². The lowest BCUT2D eigenvalue weighted by Crippen LogP contribution is -2.39. The zero-order chi connectivity index (χ0) is 12.2. The van der Waals surface area contributed by atoms with Crippen molar-refractivity contribution in [1.82, 2.24) is 4.90 Å². The van der Waals surface area contributed by atoms with Crippen molar-refractivity contribution in [2.45, 2.75) is 52.6 Å². The molecule has 1 aliphatic rings. The molecular weight excluding hydrogens is 202 g/mol. The van der Waals surface area contributed by atoms with Crippen molar-refractivity contribution in [3.63, 3.8) is 0 Å². The molecule has 3 heteroatoms. The number of hydrogen-bond donors (Lipinski definition) is 0. The predicted molar refractivity (Wildman–Crippen MR) is 65.3 cm³/mol. The molecule has 0 aromatic heterocycles. The summed E-state index contributed by atoms with van der Waals surface area (Å²) >= 11 is 0. The fraction of sp³-hybridized carbons (Fsp3) is 0.923. The van der Waals surface area contributed by atoms with Gasteiger partial charge < -0.3 is 9.64 Å². The number of hydrogen-bond acceptors (Lipinski definition) is 3. The van der Waals surface area contributed by atoms with E-state index in [1.807, 2.05) is 20.8 Å².